The highest BCUT2D eigenvalue weighted by Crippen LogP contribution is 2.23. The van der Waals surface area contributed by atoms with Crippen molar-refractivity contribution in [2.45, 2.75) is 19.4 Å². The Labute approximate surface area is 117 Å². The number of carbonyl (C=O) groups is 1. The fraction of sp³-hybridized carbons (Fsp3) is 0.267. The maximum absolute atomic E-state index is 11.3. The number of hydrogen-bond donors (Lipinski definition) is 2. The molecule has 0 spiro atoms. The highest BCUT2D eigenvalue weighted by molar-refractivity contribution is 7.10. The van der Waals surface area contributed by atoms with Gasteiger partial charge in [0, 0.05) is 17.6 Å². The smallest absolute Gasteiger partial charge is 0.224 e. The molecule has 0 saturated carbocycles. The molecule has 1 atom stereocenters. The number of likely N-dealkylation sites (N-methyl/N-ethyl adjacent to an activating group) is 1. The highest BCUT2D eigenvalue weighted by Gasteiger charge is 2.06. The molecule has 19 heavy (non-hydrogen) atoms. The van der Waals surface area contributed by atoms with Crippen LogP contribution in [0, 0.1) is 0 Å². The molecular weight excluding hydrogens is 256 g/mol. The number of carbonyl (C=O) groups excluding carboxylic acids is 1. The van der Waals surface area contributed by atoms with Crippen LogP contribution in [0.25, 0.3) is 0 Å². The van der Waals surface area contributed by atoms with Gasteiger partial charge in [0.05, 0.1) is 12.5 Å². The summed E-state index contributed by atoms with van der Waals surface area (Å²) in [6.07, 6.45) is 0.428. The van der Waals surface area contributed by atoms with Gasteiger partial charge in [-0.2, -0.15) is 0 Å². The number of amides is 1. The van der Waals surface area contributed by atoms with Gasteiger partial charge >= 0.3 is 0 Å². The van der Waals surface area contributed by atoms with Gasteiger partial charge in [-0.15, -0.1) is 11.3 Å². The lowest BCUT2D eigenvalue weighted by atomic mass is 10.1. The summed E-state index contributed by atoms with van der Waals surface area (Å²) in [6, 6.07) is 12.5. The number of hydrogen-bond acceptors (Lipinski definition) is 3. The van der Waals surface area contributed by atoms with Crippen molar-refractivity contribution < 1.29 is 4.79 Å². The summed E-state index contributed by atoms with van der Waals surface area (Å²) in [5, 5.41) is 8.16. The van der Waals surface area contributed by atoms with E-state index in [9.17, 15) is 4.79 Å². The average molecular weight is 274 g/mol. The van der Waals surface area contributed by atoms with E-state index in [1.54, 1.807) is 18.4 Å². The Balaban J connectivity index is 1.97. The zero-order chi connectivity index (χ0) is 13.7. The molecule has 0 aliphatic rings. The van der Waals surface area contributed by atoms with Crippen LogP contribution in [0.4, 0.5) is 5.69 Å². The van der Waals surface area contributed by atoms with Crippen LogP contribution in [0.5, 0.6) is 0 Å². The van der Waals surface area contributed by atoms with Crippen molar-refractivity contribution in [2.75, 3.05) is 12.4 Å². The first-order valence-electron chi connectivity index (χ1n) is 6.28. The van der Waals surface area contributed by atoms with Gasteiger partial charge in [0.25, 0.3) is 0 Å². The third kappa shape index (κ3) is 3.83. The Kier molecular flexibility index (Phi) is 4.58. The normalized spacial score (nSPS) is 11.9. The summed E-state index contributed by atoms with van der Waals surface area (Å²) in [7, 11) is 1.65. The molecule has 0 saturated heterocycles. The molecule has 1 heterocycles. The van der Waals surface area contributed by atoms with E-state index in [0.717, 1.165) is 11.3 Å². The average Bonchev–Trinajstić information content (AvgIpc) is 2.95. The Hall–Kier alpha value is -1.81. The van der Waals surface area contributed by atoms with Gasteiger partial charge in [-0.05, 0) is 36.1 Å². The SMILES string of the molecule is CNC(=O)Cc1ccc(NC(C)c2cccs2)cc1. The first kappa shape index (κ1) is 13.6. The lowest BCUT2D eigenvalue weighted by Crippen LogP contribution is -2.19. The number of thiophene rings is 1. The second-order valence-electron chi connectivity index (χ2n) is 4.43. The molecular formula is C15H18N2OS. The predicted molar refractivity (Wildman–Crippen MR) is 80.6 cm³/mol. The predicted octanol–water partition coefficient (Wildman–Crippen LogP) is 3.21. The molecule has 0 fully saturated rings. The minimum absolute atomic E-state index is 0.0349. The van der Waals surface area contributed by atoms with Crippen LogP contribution in [-0.2, 0) is 11.2 Å². The van der Waals surface area contributed by atoms with E-state index in [0.29, 0.717) is 12.5 Å². The van der Waals surface area contributed by atoms with E-state index in [4.69, 9.17) is 0 Å². The Morgan fingerprint density at radius 3 is 2.58 bits per heavy atom. The first-order chi connectivity index (χ1) is 9.19. The minimum atomic E-state index is 0.0349. The van der Waals surface area contributed by atoms with Crippen LogP contribution in [0.2, 0.25) is 0 Å². The van der Waals surface area contributed by atoms with Gasteiger partial charge in [-0.3, -0.25) is 4.79 Å². The van der Waals surface area contributed by atoms with E-state index in [1.165, 1.54) is 4.88 Å². The molecule has 1 aromatic carbocycles. The van der Waals surface area contributed by atoms with Gasteiger partial charge < -0.3 is 10.6 Å². The zero-order valence-electron chi connectivity index (χ0n) is 11.1. The summed E-state index contributed by atoms with van der Waals surface area (Å²) in [5.74, 6) is 0.0349. The van der Waals surface area contributed by atoms with Crippen LogP contribution in [0.15, 0.2) is 41.8 Å². The molecule has 3 nitrogen and oxygen atoms in total. The monoisotopic (exact) mass is 274 g/mol. The van der Waals surface area contributed by atoms with Crippen LogP contribution >= 0.6 is 11.3 Å². The first-order valence-corrected chi connectivity index (χ1v) is 7.16. The van der Waals surface area contributed by atoms with E-state index < -0.39 is 0 Å². The maximum atomic E-state index is 11.3. The van der Waals surface area contributed by atoms with Crippen molar-refractivity contribution in [3.63, 3.8) is 0 Å². The molecule has 1 unspecified atom stereocenters. The van der Waals surface area contributed by atoms with Gasteiger partial charge in [0.2, 0.25) is 5.91 Å². The van der Waals surface area contributed by atoms with Gasteiger partial charge in [-0.25, -0.2) is 0 Å². The largest absolute Gasteiger partial charge is 0.378 e. The van der Waals surface area contributed by atoms with Crippen molar-refractivity contribution in [3.8, 4) is 0 Å². The molecule has 0 radical (unpaired) electrons. The van der Waals surface area contributed by atoms with E-state index in [1.807, 2.05) is 24.3 Å². The van der Waals surface area contributed by atoms with Crippen molar-refractivity contribution in [2.24, 2.45) is 0 Å². The van der Waals surface area contributed by atoms with Crippen molar-refractivity contribution >= 4 is 22.9 Å². The third-order valence-electron chi connectivity index (χ3n) is 2.95. The summed E-state index contributed by atoms with van der Waals surface area (Å²) in [6.45, 7) is 2.14. The van der Waals surface area contributed by atoms with Gasteiger partial charge in [-0.1, -0.05) is 18.2 Å². The zero-order valence-corrected chi connectivity index (χ0v) is 12.0. The molecule has 2 N–H and O–H groups in total. The number of nitrogens with one attached hydrogen (secondary N) is 2. The molecule has 0 bridgehead atoms. The maximum Gasteiger partial charge on any atom is 0.224 e. The molecule has 0 aliphatic heterocycles. The number of anilines is 1. The van der Waals surface area contributed by atoms with Crippen molar-refractivity contribution in [1.29, 1.82) is 0 Å². The Morgan fingerprint density at radius 2 is 2.00 bits per heavy atom. The van der Waals surface area contributed by atoms with Crippen LogP contribution in [-0.4, -0.2) is 13.0 Å². The third-order valence-corrected chi connectivity index (χ3v) is 4.01. The summed E-state index contributed by atoms with van der Waals surface area (Å²) >= 11 is 1.75. The molecule has 100 valence electrons. The lowest BCUT2D eigenvalue weighted by Gasteiger charge is -2.14. The van der Waals surface area contributed by atoms with Crippen molar-refractivity contribution in [1.82, 2.24) is 5.32 Å². The van der Waals surface area contributed by atoms with E-state index in [2.05, 4.69) is 35.1 Å². The second-order valence-corrected chi connectivity index (χ2v) is 5.41. The quantitative estimate of drug-likeness (QED) is 0.879. The topological polar surface area (TPSA) is 41.1 Å². The molecule has 2 rings (SSSR count). The van der Waals surface area contributed by atoms with Crippen molar-refractivity contribution in [3.05, 3.63) is 52.2 Å². The summed E-state index contributed by atoms with van der Waals surface area (Å²) in [5.41, 5.74) is 2.09. The number of benzene rings is 1. The molecule has 1 amide bonds. The fourth-order valence-electron chi connectivity index (χ4n) is 1.85. The second kappa shape index (κ2) is 6.38. The molecule has 1 aromatic heterocycles. The highest BCUT2D eigenvalue weighted by atomic mass is 32.1. The van der Waals surface area contributed by atoms with Gasteiger partial charge in [0.1, 0.15) is 0 Å². The minimum Gasteiger partial charge on any atom is -0.378 e. The molecule has 2 aromatic rings. The Bertz CT molecular complexity index is 520. The molecule has 0 aliphatic carbocycles. The fourth-order valence-corrected chi connectivity index (χ4v) is 2.59. The Morgan fingerprint density at radius 1 is 1.26 bits per heavy atom. The summed E-state index contributed by atoms with van der Waals surface area (Å²) < 4.78 is 0. The standard InChI is InChI=1S/C15H18N2OS/c1-11(14-4-3-9-19-14)17-13-7-5-12(6-8-13)10-15(18)16-2/h3-9,11,17H,10H2,1-2H3,(H,16,18). The lowest BCUT2D eigenvalue weighted by molar-refractivity contribution is -0.119. The van der Waals surface area contributed by atoms with Crippen LogP contribution < -0.4 is 10.6 Å². The number of rotatable bonds is 5. The molecule has 4 heteroatoms. The van der Waals surface area contributed by atoms with E-state index in [-0.39, 0.29) is 5.91 Å². The van der Waals surface area contributed by atoms with Crippen LogP contribution in [0.3, 0.4) is 0 Å². The summed E-state index contributed by atoms with van der Waals surface area (Å²) in [4.78, 5) is 12.6. The van der Waals surface area contributed by atoms with E-state index >= 15 is 0 Å². The van der Waals surface area contributed by atoms with Crippen LogP contribution in [0.1, 0.15) is 23.4 Å². The van der Waals surface area contributed by atoms with Gasteiger partial charge in [0.15, 0.2) is 0 Å².